The van der Waals surface area contributed by atoms with E-state index in [1.165, 1.54) is 59.3 Å². The number of anilines is 2. The molecule has 1 aliphatic rings. The van der Waals surface area contributed by atoms with Gasteiger partial charge in [0.2, 0.25) is 11.1 Å². The molecule has 1 amide bonds. The molecule has 13 heteroatoms. The highest BCUT2D eigenvalue weighted by molar-refractivity contribution is 7.99. The number of thioether (sulfide) groups is 1. The Hall–Kier alpha value is -3.55. The second-order valence-electron chi connectivity index (χ2n) is 7.77. The predicted octanol–water partition coefficient (Wildman–Crippen LogP) is 3.96. The molecule has 1 aromatic carbocycles. The van der Waals surface area contributed by atoms with E-state index in [1.807, 2.05) is 6.08 Å². The zero-order valence-electron chi connectivity index (χ0n) is 18.9. The molecule has 2 N–H and O–H groups in total. The minimum Gasteiger partial charge on any atom is -0.325 e. The topological polar surface area (TPSA) is 132 Å². The van der Waals surface area contributed by atoms with Crippen molar-refractivity contribution in [3.63, 3.8) is 0 Å². The molecule has 0 fully saturated rings. The number of sulfonamides is 1. The number of fused-ring (bicyclic) bond motifs is 3. The summed E-state index contributed by atoms with van der Waals surface area (Å²) in [6.45, 7) is 4.47. The molecule has 0 bridgehead atoms. The van der Waals surface area contributed by atoms with E-state index < -0.39 is 10.0 Å². The van der Waals surface area contributed by atoms with Crippen molar-refractivity contribution >= 4 is 67.1 Å². The summed E-state index contributed by atoms with van der Waals surface area (Å²) in [6, 6.07) is 5.90. The average Bonchev–Trinajstić information content (AvgIpc) is 3.49. The number of nitrogens with one attached hydrogen (secondary N) is 2. The Balaban J connectivity index is 1.24. The third-order valence-electron chi connectivity index (χ3n) is 5.38. The summed E-state index contributed by atoms with van der Waals surface area (Å²) < 4.78 is 29.4. The first kappa shape index (κ1) is 24.2. The average molecular weight is 540 g/mol. The summed E-state index contributed by atoms with van der Waals surface area (Å²) in [5, 5.41) is 13.7. The molecular weight excluding hydrogens is 519 g/mol. The maximum Gasteiger partial charge on any atom is 0.263 e. The molecule has 0 saturated heterocycles. The molecule has 4 aromatic rings. The number of rotatable bonds is 9. The fraction of sp³-hybridized carbons (Fsp3) is 0.174. The Kier molecular flexibility index (Phi) is 6.85. The van der Waals surface area contributed by atoms with Crippen LogP contribution < -0.4 is 10.0 Å². The summed E-state index contributed by atoms with van der Waals surface area (Å²) in [7, 11) is -3.76. The lowest BCUT2D eigenvalue weighted by Crippen LogP contribution is -2.15. The number of nitrogens with zero attached hydrogens (tertiary/aromatic N) is 5. The number of allylic oxidation sites excluding steroid dienone is 2. The van der Waals surface area contributed by atoms with Gasteiger partial charge in [0, 0.05) is 35.1 Å². The van der Waals surface area contributed by atoms with Crippen LogP contribution in [0, 0.1) is 0 Å². The van der Waals surface area contributed by atoms with Gasteiger partial charge in [-0.15, -0.1) is 28.1 Å². The van der Waals surface area contributed by atoms with Crippen molar-refractivity contribution in [3.8, 4) is 0 Å². The molecule has 0 saturated carbocycles. The van der Waals surface area contributed by atoms with Crippen molar-refractivity contribution in [1.29, 1.82) is 0 Å². The van der Waals surface area contributed by atoms with Crippen LogP contribution in [0.1, 0.15) is 17.7 Å². The van der Waals surface area contributed by atoms with E-state index in [1.54, 1.807) is 5.38 Å². The fourth-order valence-corrected chi connectivity index (χ4v) is 6.19. The van der Waals surface area contributed by atoms with E-state index in [4.69, 9.17) is 0 Å². The van der Waals surface area contributed by atoms with Crippen LogP contribution in [0.5, 0.6) is 0 Å². The molecule has 184 valence electrons. The summed E-state index contributed by atoms with van der Waals surface area (Å²) >= 11 is 2.37. The predicted molar refractivity (Wildman–Crippen MR) is 142 cm³/mol. The van der Waals surface area contributed by atoms with Crippen molar-refractivity contribution < 1.29 is 13.2 Å². The molecule has 0 spiro atoms. The third kappa shape index (κ3) is 5.03. The molecule has 3 heterocycles. The van der Waals surface area contributed by atoms with E-state index >= 15 is 0 Å². The van der Waals surface area contributed by atoms with Crippen LogP contribution in [0.2, 0.25) is 0 Å². The molecular formula is C23H21N7O3S3. The van der Waals surface area contributed by atoms with Gasteiger partial charge in [0.1, 0.15) is 5.52 Å². The van der Waals surface area contributed by atoms with Crippen LogP contribution in [-0.4, -0.2) is 44.8 Å². The van der Waals surface area contributed by atoms with Crippen molar-refractivity contribution in [2.45, 2.75) is 29.4 Å². The van der Waals surface area contributed by atoms with E-state index in [9.17, 15) is 13.2 Å². The smallest absolute Gasteiger partial charge is 0.263 e. The lowest BCUT2D eigenvalue weighted by atomic mass is 10.0. The van der Waals surface area contributed by atoms with Gasteiger partial charge in [-0.3, -0.25) is 9.52 Å². The highest BCUT2D eigenvalue weighted by atomic mass is 32.2. The van der Waals surface area contributed by atoms with Gasteiger partial charge in [-0.05, 0) is 37.1 Å². The summed E-state index contributed by atoms with van der Waals surface area (Å²) in [5.74, 6) is -0.204. The standard InChI is InChI=1S/C23H21N7O3S3/c1-2-12-30-18-6-4-3-5-17(18)20-21(30)26-23(28-27-20)35-14-19(31)25-15-7-9-16(10-8-15)36(32,33)29-22-24-11-13-34-22/h2-3,5,7-11,13H,1,4,6,12,14H2,(H,24,29)(H,25,31). The summed E-state index contributed by atoms with van der Waals surface area (Å²) in [4.78, 5) is 21.1. The van der Waals surface area contributed by atoms with Crippen molar-refractivity contribution in [3.05, 3.63) is 65.8 Å². The van der Waals surface area contributed by atoms with Crippen LogP contribution in [0.4, 0.5) is 10.8 Å². The number of aromatic nitrogens is 5. The SMILES string of the molecule is C=CCn1c2c(c3nnc(SCC(=O)Nc4ccc(S(=O)(=O)Nc5nccs5)cc4)nc31)C=CCC2. The number of benzene rings is 1. The summed E-state index contributed by atoms with van der Waals surface area (Å²) in [5.41, 5.74) is 4.16. The first-order chi connectivity index (χ1) is 17.4. The Morgan fingerprint density at radius 3 is 2.83 bits per heavy atom. The van der Waals surface area contributed by atoms with E-state index in [0.717, 1.165) is 29.6 Å². The zero-order valence-corrected chi connectivity index (χ0v) is 21.4. The molecule has 0 aliphatic heterocycles. The van der Waals surface area contributed by atoms with Gasteiger partial charge in [0.25, 0.3) is 10.0 Å². The Morgan fingerprint density at radius 1 is 1.25 bits per heavy atom. The van der Waals surface area contributed by atoms with Crippen LogP contribution >= 0.6 is 23.1 Å². The second-order valence-corrected chi connectivity index (χ2v) is 11.3. The maximum absolute atomic E-state index is 12.5. The maximum atomic E-state index is 12.5. The lowest BCUT2D eigenvalue weighted by molar-refractivity contribution is -0.113. The molecule has 3 aromatic heterocycles. The van der Waals surface area contributed by atoms with Crippen molar-refractivity contribution in [2.24, 2.45) is 0 Å². The van der Waals surface area contributed by atoms with Gasteiger partial charge in [0.05, 0.1) is 10.6 Å². The highest BCUT2D eigenvalue weighted by Gasteiger charge is 2.20. The first-order valence-corrected chi connectivity index (χ1v) is 14.3. The van der Waals surface area contributed by atoms with Crippen LogP contribution in [-0.2, 0) is 27.8 Å². The summed E-state index contributed by atoms with van der Waals surface area (Å²) in [6.07, 6.45) is 9.39. The third-order valence-corrected chi connectivity index (χ3v) is 8.39. The molecule has 5 rings (SSSR count). The van der Waals surface area contributed by atoms with Gasteiger partial charge in [0.15, 0.2) is 10.8 Å². The quantitative estimate of drug-likeness (QED) is 0.241. The van der Waals surface area contributed by atoms with Crippen LogP contribution in [0.3, 0.4) is 0 Å². The number of hydrogen-bond acceptors (Lipinski definition) is 9. The Bertz CT molecular complexity index is 1560. The van der Waals surface area contributed by atoms with Crippen molar-refractivity contribution in [2.75, 3.05) is 15.8 Å². The minimum absolute atomic E-state index is 0.0675. The highest BCUT2D eigenvalue weighted by Crippen LogP contribution is 2.30. The second kappa shape index (κ2) is 10.2. The molecule has 10 nitrogen and oxygen atoms in total. The monoisotopic (exact) mass is 539 g/mol. The van der Waals surface area contributed by atoms with Gasteiger partial charge >= 0.3 is 0 Å². The van der Waals surface area contributed by atoms with Gasteiger partial charge in [-0.2, -0.15) is 0 Å². The van der Waals surface area contributed by atoms with Crippen molar-refractivity contribution in [1.82, 2.24) is 24.7 Å². The van der Waals surface area contributed by atoms with Crippen LogP contribution in [0.25, 0.3) is 17.2 Å². The largest absolute Gasteiger partial charge is 0.325 e. The molecule has 0 unspecified atom stereocenters. The van der Waals surface area contributed by atoms with Gasteiger partial charge in [-0.25, -0.2) is 18.4 Å². The molecule has 36 heavy (non-hydrogen) atoms. The first-order valence-electron chi connectivity index (χ1n) is 10.9. The Labute approximate surface area is 215 Å². The van der Waals surface area contributed by atoms with E-state index in [0.29, 0.717) is 17.4 Å². The number of carbonyl (C=O) groups excluding carboxylic acids is 1. The number of amides is 1. The normalized spacial score (nSPS) is 12.9. The van der Waals surface area contributed by atoms with Crippen LogP contribution in [0.15, 0.2) is 64.6 Å². The van der Waals surface area contributed by atoms with E-state index in [-0.39, 0.29) is 21.7 Å². The van der Waals surface area contributed by atoms with Gasteiger partial charge < -0.3 is 9.88 Å². The number of carbonyl (C=O) groups is 1. The van der Waals surface area contributed by atoms with E-state index in [2.05, 4.69) is 53.5 Å². The fourth-order valence-electron chi connectivity index (χ4n) is 3.82. The molecule has 1 aliphatic carbocycles. The number of hydrogen-bond donors (Lipinski definition) is 2. The molecule has 0 radical (unpaired) electrons. The Morgan fingerprint density at radius 2 is 2.08 bits per heavy atom. The minimum atomic E-state index is -3.76. The lowest BCUT2D eigenvalue weighted by Gasteiger charge is -2.10. The number of thiazole rings is 1. The zero-order chi connectivity index (χ0) is 25.1. The molecule has 0 atom stereocenters. The van der Waals surface area contributed by atoms with Gasteiger partial charge in [-0.1, -0.05) is 30.0 Å².